The molecule has 0 aliphatic heterocycles. The molecule has 1 unspecified atom stereocenters. The Balaban J connectivity index is 2.56. The molecule has 1 atom stereocenters. The molecule has 0 saturated heterocycles. The Morgan fingerprint density at radius 2 is 1.73 bits per heavy atom. The molecule has 0 heteroatoms. The van der Waals surface area contributed by atoms with Crippen LogP contribution in [0.15, 0.2) is 30.3 Å². The van der Waals surface area contributed by atoms with Crippen LogP contribution in [0, 0.1) is 11.3 Å². The van der Waals surface area contributed by atoms with Gasteiger partial charge in [-0.25, -0.2) is 0 Å². The van der Waals surface area contributed by atoms with Gasteiger partial charge in [-0.05, 0) is 29.7 Å². The molecule has 1 aromatic carbocycles. The highest BCUT2D eigenvalue weighted by molar-refractivity contribution is 5.16. The van der Waals surface area contributed by atoms with E-state index in [0.29, 0.717) is 5.41 Å². The van der Waals surface area contributed by atoms with Gasteiger partial charge in [0.25, 0.3) is 0 Å². The number of hydrogen-bond acceptors (Lipinski definition) is 0. The first-order chi connectivity index (χ1) is 7.03. The second-order valence-electron chi connectivity index (χ2n) is 5.54. The molecule has 84 valence electrons. The Kier molecular flexibility index (Phi) is 4.38. The van der Waals surface area contributed by atoms with Gasteiger partial charge in [-0.2, -0.15) is 0 Å². The molecular formula is C15H24. The summed E-state index contributed by atoms with van der Waals surface area (Å²) in [5.74, 6) is 0.837. The Morgan fingerprint density at radius 3 is 2.27 bits per heavy atom. The van der Waals surface area contributed by atoms with E-state index in [1.54, 1.807) is 0 Å². The molecule has 15 heavy (non-hydrogen) atoms. The van der Waals surface area contributed by atoms with E-state index in [-0.39, 0.29) is 0 Å². The van der Waals surface area contributed by atoms with Crippen molar-refractivity contribution in [2.24, 2.45) is 11.3 Å². The van der Waals surface area contributed by atoms with E-state index >= 15 is 0 Å². The van der Waals surface area contributed by atoms with Gasteiger partial charge in [0, 0.05) is 0 Å². The molecule has 0 fully saturated rings. The molecule has 0 aromatic heterocycles. The second-order valence-corrected chi connectivity index (χ2v) is 5.54. The van der Waals surface area contributed by atoms with E-state index in [4.69, 9.17) is 0 Å². The highest BCUT2D eigenvalue weighted by atomic mass is 14.3. The molecule has 0 bridgehead atoms. The fourth-order valence-corrected chi connectivity index (χ4v) is 2.31. The summed E-state index contributed by atoms with van der Waals surface area (Å²) in [6.45, 7) is 9.40. The molecule has 0 spiro atoms. The van der Waals surface area contributed by atoms with Crippen LogP contribution in [0.3, 0.4) is 0 Å². The summed E-state index contributed by atoms with van der Waals surface area (Å²) in [6.07, 6.45) is 3.80. The van der Waals surface area contributed by atoms with Crippen LogP contribution in [0.1, 0.15) is 46.1 Å². The minimum Gasteiger partial charge on any atom is -0.0651 e. The fraction of sp³-hybridized carbons (Fsp3) is 0.600. The smallest absolute Gasteiger partial charge is 0.0227 e. The van der Waals surface area contributed by atoms with Crippen molar-refractivity contribution < 1.29 is 0 Å². The number of hydrogen-bond donors (Lipinski definition) is 0. The topological polar surface area (TPSA) is 0 Å². The van der Waals surface area contributed by atoms with Gasteiger partial charge in [-0.3, -0.25) is 0 Å². The minimum absolute atomic E-state index is 0.427. The van der Waals surface area contributed by atoms with Crippen LogP contribution in [-0.4, -0.2) is 0 Å². The fourth-order valence-electron chi connectivity index (χ4n) is 2.31. The van der Waals surface area contributed by atoms with Gasteiger partial charge in [0.15, 0.2) is 0 Å². The Morgan fingerprint density at radius 1 is 1.13 bits per heavy atom. The molecular weight excluding hydrogens is 180 g/mol. The average Bonchev–Trinajstić information content (AvgIpc) is 2.17. The number of benzene rings is 1. The van der Waals surface area contributed by atoms with Gasteiger partial charge >= 0.3 is 0 Å². The lowest BCUT2D eigenvalue weighted by molar-refractivity contribution is 0.271. The molecule has 0 N–H and O–H groups in total. The normalized spacial score (nSPS) is 13.9. The number of rotatable bonds is 5. The molecule has 1 rings (SSSR count). The molecule has 0 amide bonds. The SMILES string of the molecule is CCC(C)CC(C)(C)Cc1ccccc1. The maximum absolute atomic E-state index is 2.38. The van der Waals surface area contributed by atoms with Crippen molar-refractivity contribution in [3.05, 3.63) is 35.9 Å². The molecule has 0 saturated carbocycles. The molecule has 0 nitrogen and oxygen atoms in total. The third kappa shape index (κ3) is 4.51. The first-order valence-electron chi connectivity index (χ1n) is 6.07. The van der Waals surface area contributed by atoms with Gasteiger partial charge in [0.1, 0.15) is 0 Å². The minimum atomic E-state index is 0.427. The third-order valence-electron chi connectivity index (χ3n) is 3.12. The molecule has 1 aromatic rings. The second kappa shape index (κ2) is 5.34. The van der Waals surface area contributed by atoms with Crippen molar-refractivity contribution in [1.82, 2.24) is 0 Å². The van der Waals surface area contributed by atoms with E-state index in [0.717, 1.165) is 5.92 Å². The zero-order valence-electron chi connectivity index (χ0n) is 10.6. The highest BCUT2D eigenvalue weighted by Crippen LogP contribution is 2.30. The van der Waals surface area contributed by atoms with Crippen molar-refractivity contribution in [3.63, 3.8) is 0 Å². The lowest BCUT2D eigenvalue weighted by Crippen LogP contribution is -2.18. The monoisotopic (exact) mass is 204 g/mol. The van der Waals surface area contributed by atoms with Gasteiger partial charge in [-0.1, -0.05) is 64.4 Å². The predicted molar refractivity (Wildman–Crippen MR) is 68.0 cm³/mol. The predicted octanol–water partition coefficient (Wildman–Crippen LogP) is 4.69. The average molecular weight is 204 g/mol. The first kappa shape index (κ1) is 12.3. The van der Waals surface area contributed by atoms with Crippen molar-refractivity contribution in [3.8, 4) is 0 Å². The lowest BCUT2D eigenvalue weighted by atomic mass is 9.78. The van der Waals surface area contributed by atoms with Crippen LogP contribution in [0.2, 0.25) is 0 Å². The maximum atomic E-state index is 2.38. The molecule has 0 heterocycles. The van der Waals surface area contributed by atoms with E-state index in [1.165, 1.54) is 24.8 Å². The summed E-state index contributed by atoms with van der Waals surface area (Å²) < 4.78 is 0. The zero-order chi connectivity index (χ0) is 11.3. The Bertz CT molecular complexity index is 271. The Labute approximate surface area is 94.7 Å². The largest absolute Gasteiger partial charge is 0.0651 e. The summed E-state index contributed by atoms with van der Waals surface area (Å²) >= 11 is 0. The van der Waals surface area contributed by atoms with Crippen LogP contribution in [0.4, 0.5) is 0 Å². The van der Waals surface area contributed by atoms with Crippen molar-refractivity contribution in [1.29, 1.82) is 0 Å². The summed E-state index contributed by atoms with van der Waals surface area (Å²) in [6, 6.07) is 10.8. The van der Waals surface area contributed by atoms with Crippen LogP contribution < -0.4 is 0 Å². The van der Waals surface area contributed by atoms with Crippen LogP contribution in [0.25, 0.3) is 0 Å². The maximum Gasteiger partial charge on any atom is -0.0227 e. The van der Waals surface area contributed by atoms with E-state index < -0.39 is 0 Å². The van der Waals surface area contributed by atoms with Crippen LogP contribution >= 0.6 is 0 Å². The summed E-state index contributed by atoms with van der Waals surface area (Å²) in [5.41, 5.74) is 1.89. The third-order valence-corrected chi connectivity index (χ3v) is 3.12. The molecule has 0 aliphatic carbocycles. The van der Waals surface area contributed by atoms with E-state index in [2.05, 4.69) is 58.0 Å². The van der Waals surface area contributed by atoms with E-state index in [1.807, 2.05) is 0 Å². The summed E-state index contributed by atoms with van der Waals surface area (Å²) in [4.78, 5) is 0. The molecule has 0 aliphatic rings. The zero-order valence-corrected chi connectivity index (χ0v) is 10.6. The highest BCUT2D eigenvalue weighted by Gasteiger charge is 2.20. The summed E-state index contributed by atoms with van der Waals surface area (Å²) in [7, 11) is 0. The molecule has 0 radical (unpaired) electrons. The first-order valence-corrected chi connectivity index (χ1v) is 6.07. The van der Waals surface area contributed by atoms with Crippen molar-refractivity contribution >= 4 is 0 Å². The van der Waals surface area contributed by atoms with Gasteiger partial charge in [0.2, 0.25) is 0 Å². The van der Waals surface area contributed by atoms with Crippen LogP contribution in [-0.2, 0) is 6.42 Å². The van der Waals surface area contributed by atoms with Gasteiger partial charge in [0.05, 0.1) is 0 Å². The van der Waals surface area contributed by atoms with E-state index in [9.17, 15) is 0 Å². The Hall–Kier alpha value is -0.780. The van der Waals surface area contributed by atoms with Crippen molar-refractivity contribution in [2.45, 2.75) is 47.0 Å². The lowest BCUT2D eigenvalue weighted by Gasteiger charge is -2.27. The van der Waals surface area contributed by atoms with Gasteiger partial charge < -0.3 is 0 Å². The summed E-state index contributed by atoms with van der Waals surface area (Å²) in [5, 5.41) is 0. The van der Waals surface area contributed by atoms with Crippen LogP contribution in [0.5, 0.6) is 0 Å². The van der Waals surface area contributed by atoms with Crippen molar-refractivity contribution in [2.75, 3.05) is 0 Å². The quantitative estimate of drug-likeness (QED) is 0.652. The van der Waals surface area contributed by atoms with Gasteiger partial charge in [-0.15, -0.1) is 0 Å². The standard InChI is InChI=1S/C15H24/c1-5-13(2)11-15(3,4)12-14-9-7-6-8-10-14/h6-10,13H,5,11-12H2,1-4H3.